The third-order valence-corrected chi connectivity index (χ3v) is 10.7. The number of ether oxygens (including phenoxy) is 3. The minimum absolute atomic E-state index is 0.0281. The molecule has 5 N–H and O–H groups in total. The van der Waals surface area contributed by atoms with Crippen LogP contribution in [0.4, 0.5) is 0 Å². The van der Waals surface area contributed by atoms with Crippen molar-refractivity contribution in [3.63, 3.8) is 0 Å². The molecule has 0 bridgehead atoms. The molecule has 0 aliphatic carbocycles. The molecule has 3 rings (SSSR count). The number of esters is 1. The topological polar surface area (TPSA) is 146 Å². The van der Waals surface area contributed by atoms with Crippen LogP contribution in [0.25, 0.3) is 0 Å². The van der Waals surface area contributed by atoms with Crippen LogP contribution >= 0.6 is 0 Å². The summed E-state index contributed by atoms with van der Waals surface area (Å²) in [5, 5.41) is 52.2. The number of rotatable bonds is 25. The van der Waals surface area contributed by atoms with E-state index in [0.717, 1.165) is 96.3 Å². The fraction of sp³-hybridized carbons (Fsp3) is 0.973. The molecular weight excluding hydrogens is 588 g/mol. The lowest BCUT2D eigenvalue weighted by atomic mass is 9.88. The van der Waals surface area contributed by atoms with Crippen LogP contribution < -0.4 is 0 Å². The first kappa shape index (κ1) is 39.6. The van der Waals surface area contributed by atoms with Gasteiger partial charge in [0.15, 0.2) is 5.60 Å². The molecule has 0 saturated carbocycles. The minimum atomic E-state index is -2.01. The van der Waals surface area contributed by atoms with E-state index in [2.05, 4.69) is 6.92 Å². The van der Waals surface area contributed by atoms with Gasteiger partial charge in [0, 0.05) is 6.42 Å². The van der Waals surface area contributed by atoms with Crippen LogP contribution in [0.3, 0.4) is 0 Å². The fourth-order valence-corrected chi connectivity index (χ4v) is 7.65. The molecule has 3 heterocycles. The molecule has 10 atom stereocenters. The molecule has 0 unspecified atom stereocenters. The van der Waals surface area contributed by atoms with Gasteiger partial charge >= 0.3 is 5.97 Å². The van der Waals surface area contributed by atoms with Crippen molar-refractivity contribution < 1.29 is 44.5 Å². The highest BCUT2D eigenvalue weighted by Crippen LogP contribution is 2.35. The summed E-state index contributed by atoms with van der Waals surface area (Å²) in [5.41, 5.74) is -2.01. The predicted octanol–water partition coefficient (Wildman–Crippen LogP) is 6.02. The lowest BCUT2D eigenvalue weighted by molar-refractivity contribution is -0.160. The van der Waals surface area contributed by atoms with Crippen molar-refractivity contribution in [2.75, 3.05) is 0 Å². The molecule has 46 heavy (non-hydrogen) atoms. The number of hydrogen-bond donors (Lipinski definition) is 5. The summed E-state index contributed by atoms with van der Waals surface area (Å²) in [4.78, 5) is 11.9. The van der Waals surface area contributed by atoms with Gasteiger partial charge in [-0.3, -0.25) is 0 Å². The molecule has 3 saturated heterocycles. The maximum atomic E-state index is 11.9. The van der Waals surface area contributed by atoms with E-state index in [1.807, 2.05) is 0 Å². The summed E-state index contributed by atoms with van der Waals surface area (Å²) < 4.78 is 17.4. The van der Waals surface area contributed by atoms with Gasteiger partial charge in [-0.05, 0) is 51.9 Å². The highest BCUT2D eigenvalue weighted by Gasteiger charge is 2.55. The first-order valence-corrected chi connectivity index (χ1v) is 19.1. The summed E-state index contributed by atoms with van der Waals surface area (Å²) in [7, 11) is 0. The first-order chi connectivity index (χ1) is 22.2. The summed E-state index contributed by atoms with van der Waals surface area (Å²) in [5.74, 6) is -0.855. The summed E-state index contributed by atoms with van der Waals surface area (Å²) in [6, 6.07) is 0. The van der Waals surface area contributed by atoms with Crippen LogP contribution in [-0.2, 0) is 19.0 Å². The van der Waals surface area contributed by atoms with Crippen molar-refractivity contribution in [2.45, 2.75) is 228 Å². The molecule has 9 heteroatoms. The maximum absolute atomic E-state index is 11.9. The smallest absolute Gasteiger partial charge is 0.341 e. The standard InChI is InChI=1S/C37H68O9/c1-3-4-5-6-7-11-14-17-20-29(39)31-22-24-33(45-31)34-25-23-32(46-34)30(40)21-18-15-12-9-8-10-13-16-19-28(38)26-37(43)35(41)27(2)44-36(37)42/h27-35,38-41,43H,3-26H2,1-2H3/t27-,28+,29-,30+,31+,32+,33-,34-,35+,37+/m0/s1. The number of unbranched alkanes of at least 4 members (excludes halogenated alkanes) is 14. The zero-order chi connectivity index (χ0) is 33.4. The molecule has 0 radical (unpaired) electrons. The van der Waals surface area contributed by atoms with Crippen molar-refractivity contribution in [1.82, 2.24) is 0 Å². The number of cyclic esters (lactones) is 1. The molecule has 0 spiro atoms. The second-order valence-electron chi connectivity index (χ2n) is 14.7. The van der Waals surface area contributed by atoms with Crippen LogP contribution in [-0.4, -0.2) is 92.0 Å². The summed E-state index contributed by atoms with van der Waals surface area (Å²) in [6.07, 6.45) is 20.0. The Hall–Kier alpha value is -0.810. The number of aliphatic hydroxyl groups is 5. The molecule has 3 fully saturated rings. The highest BCUT2D eigenvalue weighted by atomic mass is 16.6. The lowest BCUT2D eigenvalue weighted by Crippen LogP contribution is -2.48. The molecule has 3 aliphatic heterocycles. The van der Waals surface area contributed by atoms with Crippen LogP contribution in [0.5, 0.6) is 0 Å². The van der Waals surface area contributed by atoms with Crippen molar-refractivity contribution in [1.29, 1.82) is 0 Å². The third-order valence-electron chi connectivity index (χ3n) is 10.7. The van der Waals surface area contributed by atoms with E-state index in [1.54, 1.807) is 0 Å². The average Bonchev–Trinajstić information content (AvgIpc) is 3.76. The van der Waals surface area contributed by atoms with Gasteiger partial charge in [0.25, 0.3) is 0 Å². The number of aliphatic hydroxyl groups excluding tert-OH is 4. The fourth-order valence-electron chi connectivity index (χ4n) is 7.65. The number of carbonyl (C=O) groups excluding carboxylic acids is 1. The summed E-state index contributed by atoms with van der Waals surface area (Å²) >= 11 is 0. The van der Waals surface area contributed by atoms with Crippen molar-refractivity contribution in [3.05, 3.63) is 0 Å². The van der Waals surface area contributed by atoms with E-state index in [9.17, 15) is 30.3 Å². The largest absolute Gasteiger partial charge is 0.458 e. The van der Waals surface area contributed by atoms with Crippen LogP contribution in [0.2, 0.25) is 0 Å². The predicted molar refractivity (Wildman–Crippen MR) is 178 cm³/mol. The van der Waals surface area contributed by atoms with Gasteiger partial charge in [0.2, 0.25) is 0 Å². The zero-order valence-electron chi connectivity index (χ0n) is 29.0. The van der Waals surface area contributed by atoms with Gasteiger partial charge < -0.3 is 39.7 Å². The second kappa shape index (κ2) is 21.3. The molecule has 0 amide bonds. The molecule has 9 nitrogen and oxygen atoms in total. The van der Waals surface area contributed by atoms with Gasteiger partial charge in [-0.15, -0.1) is 0 Å². The summed E-state index contributed by atoms with van der Waals surface area (Å²) in [6.45, 7) is 3.78. The van der Waals surface area contributed by atoms with Gasteiger partial charge in [-0.1, -0.05) is 110 Å². The van der Waals surface area contributed by atoms with Crippen LogP contribution in [0, 0.1) is 0 Å². The SMILES string of the molecule is CCCCCCCCCC[C@H](O)[C@H]1CC[C@@H]([C@@H]2CC[C@H]([C@H](O)CCCCCCCCCC[C@@H](O)C[C@]3(O)C(=O)O[C@@H](C)[C@H]3O)O2)O1. The normalized spacial score (nSPS) is 31.8. The molecule has 270 valence electrons. The van der Waals surface area contributed by atoms with E-state index < -0.39 is 36.0 Å². The quantitative estimate of drug-likeness (QED) is 0.0588. The van der Waals surface area contributed by atoms with Gasteiger partial charge in [-0.25, -0.2) is 4.79 Å². The van der Waals surface area contributed by atoms with E-state index >= 15 is 0 Å². The van der Waals surface area contributed by atoms with E-state index in [0.29, 0.717) is 6.42 Å². The third kappa shape index (κ3) is 12.9. The van der Waals surface area contributed by atoms with Crippen molar-refractivity contribution >= 4 is 5.97 Å². The highest BCUT2D eigenvalue weighted by molar-refractivity contribution is 5.82. The molecule has 3 aliphatic rings. The average molecular weight is 657 g/mol. The molecule has 0 aromatic heterocycles. The van der Waals surface area contributed by atoms with Crippen molar-refractivity contribution in [3.8, 4) is 0 Å². The zero-order valence-corrected chi connectivity index (χ0v) is 29.0. The number of carbonyl (C=O) groups is 1. The van der Waals surface area contributed by atoms with Gasteiger partial charge in [0.05, 0.1) is 42.7 Å². The van der Waals surface area contributed by atoms with E-state index in [4.69, 9.17) is 14.2 Å². The lowest BCUT2D eigenvalue weighted by Gasteiger charge is -2.25. The minimum Gasteiger partial charge on any atom is -0.458 e. The molecule has 0 aromatic rings. The molecular formula is C37H68O9. The van der Waals surface area contributed by atoms with Gasteiger partial charge in [-0.2, -0.15) is 0 Å². The van der Waals surface area contributed by atoms with Gasteiger partial charge in [0.1, 0.15) is 12.2 Å². The van der Waals surface area contributed by atoms with Crippen molar-refractivity contribution in [2.24, 2.45) is 0 Å². The Balaban J connectivity index is 1.14. The first-order valence-electron chi connectivity index (χ1n) is 19.1. The Bertz CT molecular complexity index is 827. The Kier molecular flexibility index (Phi) is 18.4. The molecule has 0 aromatic carbocycles. The Morgan fingerprint density at radius 2 is 1.09 bits per heavy atom. The van der Waals surface area contributed by atoms with Crippen LogP contribution in [0.15, 0.2) is 0 Å². The Labute approximate surface area is 278 Å². The van der Waals surface area contributed by atoms with E-state index in [1.165, 1.54) is 51.9 Å². The maximum Gasteiger partial charge on any atom is 0.341 e. The second-order valence-corrected chi connectivity index (χ2v) is 14.7. The Morgan fingerprint density at radius 3 is 1.50 bits per heavy atom. The van der Waals surface area contributed by atoms with Crippen LogP contribution in [0.1, 0.15) is 168 Å². The van der Waals surface area contributed by atoms with E-state index in [-0.39, 0.29) is 36.9 Å². The monoisotopic (exact) mass is 656 g/mol. The Morgan fingerprint density at radius 1 is 0.674 bits per heavy atom. The number of hydrogen-bond acceptors (Lipinski definition) is 9.